The van der Waals surface area contributed by atoms with Crippen LogP contribution in [-0.2, 0) is 6.61 Å². The number of hydrogen-bond donors (Lipinski definition) is 1. The number of alkyl halides is 3. The van der Waals surface area contributed by atoms with Crippen molar-refractivity contribution in [1.29, 1.82) is 0 Å². The van der Waals surface area contributed by atoms with Crippen LogP contribution in [0.3, 0.4) is 0 Å². The second-order valence-corrected chi connectivity index (χ2v) is 7.78. The van der Waals surface area contributed by atoms with E-state index in [0.717, 1.165) is 23.3 Å². The maximum Gasteiger partial charge on any atom is 0.573 e. The molecule has 3 aromatic rings. The molecule has 0 saturated carbocycles. The van der Waals surface area contributed by atoms with Crippen LogP contribution in [0.4, 0.5) is 18.9 Å². The Bertz CT molecular complexity index is 1090. The molecule has 0 saturated heterocycles. The van der Waals surface area contributed by atoms with Crippen molar-refractivity contribution in [2.45, 2.75) is 39.7 Å². The number of carbonyl (C=O) groups excluding carboxylic acids is 1. The number of anilines is 1. The SMILES string of the molecule is Cc1cc(OCc2ccc(C(=O)Nc3ccc(OC(F)(F)F)cc3)o2)c(C(C)C)cc1Cl. The Hall–Kier alpha value is -3.13. The summed E-state index contributed by atoms with van der Waals surface area (Å²) in [7, 11) is 0. The van der Waals surface area contributed by atoms with Gasteiger partial charge < -0.3 is 19.2 Å². The number of amides is 1. The smallest absolute Gasteiger partial charge is 0.485 e. The molecule has 0 aliphatic heterocycles. The van der Waals surface area contributed by atoms with E-state index in [-0.39, 0.29) is 29.7 Å². The number of aryl methyl sites for hydroxylation is 1. The third kappa shape index (κ3) is 6.20. The molecule has 3 rings (SSSR count). The monoisotopic (exact) mass is 467 g/mol. The fraction of sp³-hybridized carbons (Fsp3) is 0.261. The molecule has 170 valence electrons. The van der Waals surface area contributed by atoms with E-state index in [9.17, 15) is 18.0 Å². The van der Waals surface area contributed by atoms with E-state index >= 15 is 0 Å². The van der Waals surface area contributed by atoms with Crippen molar-refractivity contribution < 1.29 is 31.9 Å². The standard InChI is InChI=1S/C23H21ClF3NO4/c1-13(2)18-11-19(24)14(3)10-21(18)30-12-17-8-9-20(31-17)22(29)28-15-4-6-16(7-5-15)32-23(25,26)27/h4-11,13H,12H2,1-3H3,(H,28,29). The number of nitrogens with one attached hydrogen (secondary N) is 1. The average molecular weight is 468 g/mol. The Kier molecular flexibility index (Phi) is 7.03. The van der Waals surface area contributed by atoms with Crippen LogP contribution in [0.2, 0.25) is 5.02 Å². The fourth-order valence-electron chi connectivity index (χ4n) is 2.91. The van der Waals surface area contributed by atoms with Gasteiger partial charge in [-0.25, -0.2) is 0 Å². The van der Waals surface area contributed by atoms with Crippen molar-refractivity contribution >= 4 is 23.2 Å². The molecule has 0 bridgehead atoms. The van der Waals surface area contributed by atoms with E-state index < -0.39 is 12.3 Å². The zero-order valence-electron chi connectivity index (χ0n) is 17.5. The van der Waals surface area contributed by atoms with E-state index in [1.165, 1.54) is 18.2 Å². The molecule has 32 heavy (non-hydrogen) atoms. The summed E-state index contributed by atoms with van der Waals surface area (Å²) in [6, 6.07) is 11.6. The van der Waals surface area contributed by atoms with Crippen LogP contribution in [0.5, 0.6) is 11.5 Å². The molecule has 0 aliphatic rings. The molecule has 1 N–H and O–H groups in total. The largest absolute Gasteiger partial charge is 0.573 e. The summed E-state index contributed by atoms with van der Waals surface area (Å²) < 4.78 is 51.9. The highest BCUT2D eigenvalue weighted by Gasteiger charge is 2.31. The third-order valence-corrected chi connectivity index (χ3v) is 4.92. The second kappa shape index (κ2) is 9.56. The van der Waals surface area contributed by atoms with Gasteiger partial charge in [-0.2, -0.15) is 0 Å². The first kappa shape index (κ1) is 23.5. The van der Waals surface area contributed by atoms with Crippen molar-refractivity contribution in [2.24, 2.45) is 0 Å². The Morgan fingerprint density at radius 2 is 1.81 bits per heavy atom. The number of ether oxygens (including phenoxy) is 2. The minimum atomic E-state index is -4.78. The van der Waals surface area contributed by atoms with E-state index in [0.29, 0.717) is 16.5 Å². The average Bonchev–Trinajstić information content (AvgIpc) is 3.18. The second-order valence-electron chi connectivity index (χ2n) is 7.37. The van der Waals surface area contributed by atoms with Crippen LogP contribution < -0.4 is 14.8 Å². The maximum atomic E-state index is 12.4. The van der Waals surface area contributed by atoms with Gasteiger partial charge in [0.25, 0.3) is 5.91 Å². The van der Waals surface area contributed by atoms with Crippen molar-refractivity contribution in [3.8, 4) is 11.5 Å². The summed E-state index contributed by atoms with van der Waals surface area (Å²) in [4.78, 5) is 12.4. The van der Waals surface area contributed by atoms with E-state index in [1.54, 1.807) is 6.07 Å². The molecule has 0 spiro atoms. The molecule has 1 heterocycles. The van der Waals surface area contributed by atoms with Crippen LogP contribution >= 0.6 is 11.6 Å². The van der Waals surface area contributed by atoms with Crippen LogP contribution in [0, 0.1) is 6.92 Å². The highest BCUT2D eigenvalue weighted by Crippen LogP contribution is 2.32. The Balaban J connectivity index is 1.62. The van der Waals surface area contributed by atoms with Crippen molar-refractivity contribution in [3.05, 3.63) is 76.2 Å². The lowest BCUT2D eigenvalue weighted by molar-refractivity contribution is -0.274. The van der Waals surface area contributed by atoms with E-state index in [2.05, 4.69) is 10.1 Å². The minimum absolute atomic E-state index is 0.0376. The molecule has 0 radical (unpaired) electrons. The van der Waals surface area contributed by atoms with Gasteiger partial charge in [-0.05, 0) is 72.5 Å². The summed E-state index contributed by atoms with van der Waals surface area (Å²) >= 11 is 6.21. The maximum absolute atomic E-state index is 12.4. The predicted molar refractivity (Wildman–Crippen MR) is 114 cm³/mol. The van der Waals surface area contributed by atoms with E-state index in [4.69, 9.17) is 20.8 Å². The zero-order valence-corrected chi connectivity index (χ0v) is 18.3. The molecule has 9 heteroatoms. The van der Waals surface area contributed by atoms with Crippen molar-refractivity contribution in [1.82, 2.24) is 0 Å². The van der Waals surface area contributed by atoms with Gasteiger partial charge in [0.1, 0.15) is 23.9 Å². The molecule has 0 unspecified atom stereocenters. The molecule has 0 fully saturated rings. The number of halogens is 4. The topological polar surface area (TPSA) is 60.7 Å². The Morgan fingerprint density at radius 1 is 1.12 bits per heavy atom. The molecule has 0 aliphatic carbocycles. The summed E-state index contributed by atoms with van der Waals surface area (Å²) in [5.41, 5.74) is 2.14. The van der Waals surface area contributed by atoms with E-state index in [1.807, 2.05) is 32.9 Å². The van der Waals surface area contributed by atoms with Crippen molar-refractivity contribution in [2.75, 3.05) is 5.32 Å². The summed E-state index contributed by atoms with van der Waals surface area (Å²) in [6.07, 6.45) is -4.78. The minimum Gasteiger partial charge on any atom is -0.485 e. The van der Waals surface area contributed by atoms with Crippen LogP contribution in [0.15, 0.2) is 52.9 Å². The Labute approximate surface area is 188 Å². The summed E-state index contributed by atoms with van der Waals surface area (Å²) in [5, 5.41) is 3.21. The number of rotatable bonds is 7. The van der Waals surface area contributed by atoms with Gasteiger partial charge in [-0.15, -0.1) is 13.2 Å². The zero-order chi connectivity index (χ0) is 23.5. The highest BCUT2D eigenvalue weighted by atomic mass is 35.5. The quantitative estimate of drug-likeness (QED) is 0.402. The van der Waals surface area contributed by atoms with Gasteiger partial charge in [0, 0.05) is 10.7 Å². The lowest BCUT2D eigenvalue weighted by Gasteiger charge is -2.15. The van der Waals surface area contributed by atoms with Gasteiger partial charge >= 0.3 is 6.36 Å². The molecule has 1 amide bonds. The van der Waals surface area contributed by atoms with Gasteiger partial charge in [0.2, 0.25) is 0 Å². The number of carbonyl (C=O) groups is 1. The summed E-state index contributed by atoms with van der Waals surface area (Å²) in [6.45, 7) is 6.06. The predicted octanol–water partition coefficient (Wildman–Crippen LogP) is 7.09. The van der Waals surface area contributed by atoms with Crippen LogP contribution in [-0.4, -0.2) is 12.3 Å². The first-order valence-corrected chi connectivity index (χ1v) is 10.1. The van der Waals surface area contributed by atoms with Gasteiger partial charge in [-0.3, -0.25) is 4.79 Å². The summed E-state index contributed by atoms with van der Waals surface area (Å²) in [5.74, 6) is 0.429. The van der Waals surface area contributed by atoms with Gasteiger partial charge in [0.05, 0.1) is 0 Å². The molecule has 0 atom stereocenters. The molecular formula is C23H21ClF3NO4. The lowest BCUT2D eigenvalue weighted by atomic mass is 10.0. The van der Waals surface area contributed by atoms with Gasteiger partial charge in [0.15, 0.2) is 5.76 Å². The highest BCUT2D eigenvalue weighted by molar-refractivity contribution is 6.31. The first-order chi connectivity index (χ1) is 15.0. The van der Waals surface area contributed by atoms with Crippen LogP contribution in [0.1, 0.15) is 47.2 Å². The number of benzene rings is 2. The fourth-order valence-corrected chi connectivity index (χ4v) is 3.08. The van der Waals surface area contributed by atoms with Crippen molar-refractivity contribution in [3.63, 3.8) is 0 Å². The number of hydrogen-bond acceptors (Lipinski definition) is 4. The normalized spacial score (nSPS) is 11.5. The van der Waals surface area contributed by atoms with Crippen LogP contribution in [0.25, 0.3) is 0 Å². The molecule has 1 aromatic heterocycles. The molecule has 2 aromatic carbocycles. The third-order valence-electron chi connectivity index (χ3n) is 4.51. The number of furan rings is 1. The Morgan fingerprint density at radius 3 is 2.44 bits per heavy atom. The first-order valence-electron chi connectivity index (χ1n) is 9.70. The molecule has 5 nitrogen and oxygen atoms in total. The molecular weight excluding hydrogens is 447 g/mol. The lowest BCUT2D eigenvalue weighted by Crippen LogP contribution is -2.17. The van der Waals surface area contributed by atoms with Gasteiger partial charge in [-0.1, -0.05) is 25.4 Å².